The lowest BCUT2D eigenvalue weighted by Crippen LogP contribution is -2.47. The molecule has 0 radical (unpaired) electrons. The SMILES string of the molecule is O=C1CC[C@H](NS(=O)(=O)c2cc(Cl)ccc2F)CN1. The number of amides is 1. The van der Waals surface area contributed by atoms with Gasteiger partial charge in [0.25, 0.3) is 0 Å². The normalized spacial score (nSPS) is 20.1. The summed E-state index contributed by atoms with van der Waals surface area (Å²) in [7, 11) is -3.99. The van der Waals surface area contributed by atoms with Crippen molar-refractivity contribution in [2.24, 2.45) is 0 Å². The molecule has 0 bridgehead atoms. The highest BCUT2D eigenvalue weighted by Gasteiger charge is 2.26. The number of carbonyl (C=O) groups is 1. The van der Waals surface area contributed by atoms with Crippen LogP contribution < -0.4 is 10.0 Å². The Morgan fingerprint density at radius 2 is 2.16 bits per heavy atom. The third-order valence-corrected chi connectivity index (χ3v) is 4.54. The second-order valence-corrected chi connectivity index (χ2v) is 6.35. The first-order valence-electron chi connectivity index (χ1n) is 5.62. The third kappa shape index (κ3) is 3.43. The maximum absolute atomic E-state index is 13.5. The molecular formula is C11H12ClFN2O3S. The standard InChI is InChI=1S/C11H12ClFN2O3S/c12-7-1-3-9(13)10(5-7)19(17,18)15-8-2-4-11(16)14-6-8/h1,3,5,8,15H,2,4,6H2,(H,14,16)/t8-/m0/s1. The monoisotopic (exact) mass is 306 g/mol. The van der Waals surface area contributed by atoms with Crippen molar-refractivity contribution in [3.63, 3.8) is 0 Å². The molecule has 1 atom stereocenters. The Morgan fingerprint density at radius 3 is 2.79 bits per heavy atom. The van der Waals surface area contributed by atoms with Crippen molar-refractivity contribution in [2.45, 2.75) is 23.8 Å². The highest BCUT2D eigenvalue weighted by Crippen LogP contribution is 2.20. The van der Waals surface area contributed by atoms with Gasteiger partial charge in [0.05, 0.1) is 0 Å². The minimum atomic E-state index is -3.99. The molecule has 1 aliphatic rings. The zero-order chi connectivity index (χ0) is 14.0. The van der Waals surface area contributed by atoms with Crippen molar-refractivity contribution in [3.05, 3.63) is 29.0 Å². The van der Waals surface area contributed by atoms with Crippen molar-refractivity contribution in [3.8, 4) is 0 Å². The van der Waals surface area contributed by atoms with E-state index < -0.39 is 26.8 Å². The summed E-state index contributed by atoms with van der Waals surface area (Å²) >= 11 is 5.67. The minimum absolute atomic E-state index is 0.121. The molecule has 1 aliphatic heterocycles. The molecule has 1 aromatic carbocycles. The fourth-order valence-electron chi connectivity index (χ4n) is 1.80. The van der Waals surface area contributed by atoms with E-state index in [2.05, 4.69) is 10.0 Å². The van der Waals surface area contributed by atoms with Crippen molar-refractivity contribution in [1.29, 1.82) is 0 Å². The summed E-state index contributed by atoms with van der Waals surface area (Å²) in [6, 6.07) is 2.89. The average molecular weight is 307 g/mol. The molecule has 104 valence electrons. The van der Waals surface area contributed by atoms with Gasteiger partial charge >= 0.3 is 0 Å². The highest BCUT2D eigenvalue weighted by atomic mass is 35.5. The Hall–Kier alpha value is -1.18. The Balaban J connectivity index is 2.18. The van der Waals surface area contributed by atoms with Crippen LogP contribution in [-0.4, -0.2) is 26.9 Å². The van der Waals surface area contributed by atoms with Crippen molar-refractivity contribution in [1.82, 2.24) is 10.0 Å². The number of hydrogen-bond acceptors (Lipinski definition) is 3. The first-order chi connectivity index (χ1) is 8.88. The molecule has 2 rings (SSSR count). The van der Waals surface area contributed by atoms with E-state index in [9.17, 15) is 17.6 Å². The fourth-order valence-corrected chi connectivity index (χ4v) is 3.41. The zero-order valence-corrected chi connectivity index (χ0v) is 11.4. The van der Waals surface area contributed by atoms with Crippen LogP contribution in [-0.2, 0) is 14.8 Å². The molecule has 8 heteroatoms. The van der Waals surface area contributed by atoms with Gasteiger partial charge < -0.3 is 5.32 Å². The van der Waals surface area contributed by atoms with Gasteiger partial charge in [0.1, 0.15) is 10.7 Å². The van der Waals surface area contributed by atoms with E-state index >= 15 is 0 Å². The Kier molecular flexibility index (Phi) is 4.07. The van der Waals surface area contributed by atoms with Crippen LogP contribution in [0.5, 0.6) is 0 Å². The Morgan fingerprint density at radius 1 is 1.42 bits per heavy atom. The molecule has 1 heterocycles. The first-order valence-corrected chi connectivity index (χ1v) is 7.49. The largest absolute Gasteiger partial charge is 0.355 e. The third-order valence-electron chi connectivity index (χ3n) is 2.77. The molecule has 1 fully saturated rings. The van der Waals surface area contributed by atoms with E-state index in [4.69, 9.17) is 11.6 Å². The van der Waals surface area contributed by atoms with Crippen molar-refractivity contribution in [2.75, 3.05) is 6.54 Å². The maximum Gasteiger partial charge on any atom is 0.243 e. The summed E-state index contributed by atoms with van der Waals surface area (Å²) in [5, 5.41) is 2.68. The summed E-state index contributed by atoms with van der Waals surface area (Å²) in [5.74, 6) is -0.985. The minimum Gasteiger partial charge on any atom is -0.355 e. The summed E-state index contributed by atoms with van der Waals surface area (Å²) in [6.07, 6.45) is 0.623. The van der Waals surface area contributed by atoms with Gasteiger partial charge in [-0.1, -0.05) is 11.6 Å². The molecule has 2 N–H and O–H groups in total. The Labute approximate surface area is 115 Å². The number of halogens is 2. The second-order valence-electron chi connectivity index (χ2n) is 4.24. The van der Waals surface area contributed by atoms with Crippen molar-refractivity contribution >= 4 is 27.5 Å². The number of sulfonamides is 1. The number of rotatable bonds is 3. The van der Waals surface area contributed by atoms with E-state index in [1.807, 2.05) is 0 Å². The van der Waals surface area contributed by atoms with Crippen LogP contribution in [0.25, 0.3) is 0 Å². The molecule has 1 saturated heterocycles. The molecule has 5 nitrogen and oxygen atoms in total. The van der Waals surface area contributed by atoms with Gasteiger partial charge in [0.15, 0.2) is 0 Å². The maximum atomic E-state index is 13.5. The molecule has 1 amide bonds. The predicted octanol–water partition coefficient (Wildman–Crippen LogP) is 1.04. The lowest BCUT2D eigenvalue weighted by Gasteiger charge is -2.23. The van der Waals surface area contributed by atoms with Crippen LogP contribution in [0.2, 0.25) is 5.02 Å². The lowest BCUT2D eigenvalue weighted by molar-refractivity contribution is -0.122. The van der Waals surface area contributed by atoms with Crippen LogP contribution in [0.3, 0.4) is 0 Å². The molecule has 19 heavy (non-hydrogen) atoms. The van der Waals surface area contributed by atoms with Gasteiger partial charge in [0, 0.05) is 24.0 Å². The van der Waals surface area contributed by atoms with Gasteiger partial charge in [-0.15, -0.1) is 0 Å². The van der Waals surface area contributed by atoms with Crippen LogP contribution in [0.1, 0.15) is 12.8 Å². The summed E-state index contributed by atoms with van der Waals surface area (Å²) in [5.41, 5.74) is 0. The molecule has 0 saturated carbocycles. The molecule has 0 aromatic heterocycles. The fraction of sp³-hybridized carbons (Fsp3) is 0.364. The topological polar surface area (TPSA) is 75.3 Å². The number of benzene rings is 1. The van der Waals surface area contributed by atoms with Crippen LogP contribution >= 0.6 is 11.6 Å². The van der Waals surface area contributed by atoms with Crippen LogP contribution in [0.4, 0.5) is 4.39 Å². The van der Waals surface area contributed by atoms with Gasteiger partial charge in [0.2, 0.25) is 15.9 Å². The molecular weight excluding hydrogens is 295 g/mol. The number of nitrogens with one attached hydrogen (secondary N) is 2. The lowest BCUT2D eigenvalue weighted by atomic mass is 10.1. The van der Waals surface area contributed by atoms with Gasteiger partial charge in [-0.3, -0.25) is 4.79 Å². The number of hydrogen-bond donors (Lipinski definition) is 2. The average Bonchev–Trinajstić information content (AvgIpc) is 2.35. The number of piperidine rings is 1. The van der Waals surface area contributed by atoms with Gasteiger partial charge in [-0.25, -0.2) is 17.5 Å². The van der Waals surface area contributed by atoms with E-state index in [0.29, 0.717) is 6.42 Å². The Bertz CT molecular complexity index is 596. The zero-order valence-electron chi connectivity index (χ0n) is 9.82. The summed E-state index contributed by atoms with van der Waals surface area (Å²) < 4.78 is 40.0. The molecule has 0 aliphatic carbocycles. The quantitative estimate of drug-likeness (QED) is 0.876. The van der Waals surface area contributed by atoms with E-state index in [1.54, 1.807) is 0 Å². The smallest absolute Gasteiger partial charge is 0.243 e. The van der Waals surface area contributed by atoms with E-state index in [-0.39, 0.29) is 23.9 Å². The predicted molar refractivity (Wildman–Crippen MR) is 67.8 cm³/mol. The number of carbonyl (C=O) groups excluding carboxylic acids is 1. The first kappa shape index (κ1) is 14.2. The van der Waals surface area contributed by atoms with Crippen molar-refractivity contribution < 1.29 is 17.6 Å². The molecule has 1 aromatic rings. The van der Waals surface area contributed by atoms with Crippen LogP contribution in [0.15, 0.2) is 23.1 Å². The van der Waals surface area contributed by atoms with Crippen LogP contribution in [0, 0.1) is 5.82 Å². The summed E-state index contributed by atoms with van der Waals surface area (Å²) in [6.45, 7) is 0.195. The summed E-state index contributed by atoms with van der Waals surface area (Å²) in [4.78, 5) is 10.5. The molecule has 0 spiro atoms. The van der Waals surface area contributed by atoms with Gasteiger partial charge in [-0.2, -0.15) is 0 Å². The molecule has 0 unspecified atom stereocenters. The van der Waals surface area contributed by atoms with Gasteiger partial charge in [-0.05, 0) is 24.6 Å². The van der Waals surface area contributed by atoms with E-state index in [0.717, 1.165) is 12.1 Å². The highest BCUT2D eigenvalue weighted by molar-refractivity contribution is 7.89. The second kappa shape index (κ2) is 5.44. The van der Waals surface area contributed by atoms with E-state index in [1.165, 1.54) is 6.07 Å².